The molecule has 8 heteroatoms. The molecule has 3 aromatic heterocycles. The predicted octanol–water partition coefficient (Wildman–Crippen LogP) is 1.63. The summed E-state index contributed by atoms with van der Waals surface area (Å²) >= 11 is 0. The Morgan fingerprint density at radius 1 is 1.12 bits per heavy atom. The number of carbonyl (C=O) groups is 1. The topological polar surface area (TPSA) is 90.0 Å². The van der Waals surface area contributed by atoms with Crippen LogP contribution in [0.5, 0.6) is 0 Å². The number of carbonyl (C=O) groups excluding carboxylic acids is 1. The number of para-hydroxylation sites is 1. The van der Waals surface area contributed by atoms with Gasteiger partial charge in [0.2, 0.25) is 5.91 Å². The zero-order valence-electron chi connectivity index (χ0n) is 12.6. The number of hydrogen-bond acceptors (Lipinski definition) is 5. The maximum atomic E-state index is 12.2. The zero-order valence-corrected chi connectivity index (χ0v) is 12.6. The third kappa shape index (κ3) is 2.72. The van der Waals surface area contributed by atoms with Crippen LogP contribution in [0.4, 0.5) is 5.69 Å². The monoisotopic (exact) mass is 319 g/mol. The number of amides is 1. The lowest BCUT2D eigenvalue weighted by atomic mass is 10.1. The number of imidazole rings is 1. The standard InChI is InChI=1S/C16H13N7O/c24-16(10-23-11-17-20-21-23)19-13-6-2-1-5-12(13)14-9-22-8-4-3-7-15(22)18-14/h1-9,11H,10H2,(H,19,24). The molecule has 0 atom stereocenters. The van der Waals surface area contributed by atoms with Gasteiger partial charge in [-0.25, -0.2) is 9.67 Å². The number of aromatic nitrogens is 6. The second kappa shape index (κ2) is 5.92. The van der Waals surface area contributed by atoms with Gasteiger partial charge in [-0.2, -0.15) is 0 Å². The first-order chi connectivity index (χ1) is 11.8. The molecule has 3 heterocycles. The number of nitrogens with zero attached hydrogens (tertiary/aromatic N) is 6. The van der Waals surface area contributed by atoms with Crippen molar-refractivity contribution in [3.8, 4) is 11.3 Å². The lowest BCUT2D eigenvalue weighted by Gasteiger charge is -2.09. The van der Waals surface area contributed by atoms with Gasteiger partial charge in [0, 0.05) is 18.0 Å². The van der Waals surface area contributed by atoms with Gasteiger partial charge in [-0.05, 0) is 28.6 Å². The number of anilines is 1. The average molecular weight is 319 g/mol. The Morgan fingerprint density at radius 2 is 2.00 bits per heavy atom. The summed E-state index contributed by atoms with van der Waals surface area (Å²) in [4.78, 5) is 16.8. The fourth-order valence-corrected chi connectivity index (χ4v) is 2.47. The number of benzene rings is 1. The van der Waals surface area contributed by atoms with Crippen molar-refractivity contribution in [2.45, 2.75) is 6.54 Å². The third-order valence-corrected chi connectivity index (χ3v) is 3.54. The van der Waals surface area contributed by atoms with E-state index in [1.54, 1.807) is 0 Å². The molecule has 1 N–H and O–H groups in total. The minimum absolute atomic E-state index is 0.0481. The van der Waals surface area contributed by atoms with E-state index in [0.717, 1.165) is 16.9 Å². The Morgan fingerprint density at radius 3 is 2.83 bits per heavy atom. The molecule has 0 aliphatic carbocycles. The van der Waals surface area contributed by atoms with E-state index in [0.29, 0.717) is 5.69 Å². The Kier molecular flexibility index (Phi) is 3.47. The maximum Gasteiger partial charge on any atom is 0.246 e. The highest BCUT2D eigenvalue weighted by molar-refractivity contribution is 5.95. The maximum absolute atomic E-state index is 12.2. The summed E-state index contributed by atoms with van der Waals surface area (Å²) in [5.74, 6) is -0.210. The van der Waals surface area contributed by atoms with Gasteiger partial charge in [0.1, 0.15) is 18.5 Å². The summed E-state index contributed by atoms with van der Waals surface area (Å²) in [6, 6.07) is 13.4. The summed E-state index contributed by atoms with van der Waals surface area (Å²) in [6.45, 7) is 0.0481. The number of pyridine rings is 1. The second-order valence-corrected chi connectivity index (χ2v) is 5.19. The predicted molar refractivity (Wildman–Crippen MR) is 87.1 cm³/mol. The molecule has 0 saturated heterocycles. The summed E-state index contributed by atoms with van der Waals surface area (Å²) in [7, 11) is 0. The number of rotatable bonds is 4. The highest BCUT2D eigenvalue weighted by atomic mass is 16.2. The SMILES string of the molecule is O=C(Cn1cnnn1)Nc1ccccc1-c1cn2ccccc2n1. The molecular formula is C16H13N7O. The van der Waals surface area contributed by atoms with Gasteiger partial charge in [0.05, 0.1) is 11.4 Å². The summed E-state index contributed by atoms with van der Waals surface area (Å²) in [5, 5.41) is 13.6. The smallest absolute Gasteiger partial charge is 0.246 e. The summed E-state index contributed by atoms with van der Waals surface area (Å²) in [5.41, 5.74) is 3.19. The van der Waals surface area contributed by atoms with Gasteiger partial charge in [-0.1, -0.05) is 24.3 Å². The Hall–Kier alpha value is -3.55. The molecule has 0 bridgehead atoms. The lowest BCUT2D eigenvalue weighted by Crippen LogP contribution is -2.19. The van der Waals surface area contributed by atoms with E-state index in [9.17, 15) is 4.79 Å². The molecule has 0 spiro atoms. The van der Waals surface area contributed by atoms with E-state index >= 15 is 0 Å². The Balaban J connectivity index is 1.63. The van der Waals surface area contributed by atoms with Crippen LogP contribution in [-0.2, 0) is 11.3 Å². The summed E-state index contributed by atoms with van der Waals surface area (Å²) < 4.78 is 3.30. The van der Waals surface area contributed by atoms with Crippen LogP contribution in [0.3, 0.4) is 0 Å². The van der Waals surface area contributed by atoms with Crippen LogP contribution in [0.25, 0.3) is 16.9 Å². The van der Waals surface area contributed by atoms with Crippen molar-refractivity contribution in [1.82, 2.24) is 29.6 Å². The van der Waals surface area contributed by atoms with Crippen molar-refractivity contribution < 1.29 is 4.79 Å². The van der Waals surface area contributed by atoms with Crippen LogP contribution >= 0.6 is 0 Å². The molecule has 0 aliphatic heterocycles. The van der Waals surface area contributed by atoms with Crippen LogP contribution in [-0.4, -0.2) is 35.5 Å². The number of fused-ring (bicyclic) bond motifs is 1. The van der Waals surface area contributed by atoms with Crippen LogP contribution in [0.15, 0.2) is 61.2 Å². The molecule has 1 amide bonds. The van der Waals surface area contributed by atoms with Gasteiger partial charge < -0.3 is 9.72 Å². The quantitative estimate of drug-likeness (QED) is 0.617. The molecule has 8 nitrogen and oxygen atoms in total. The van der Waals surface area contributed by atoms with Crippen molar-refractivity contribution in [3.63, 3.8) is 0 Å². The van der Waals surface area contributed by atoms with Crippen LogP contribution < -0.4 is 5.32 Å². The van der Waals surface area contributed by atoms with E-state index in [1.165, 1.54) is 11.0 Å². The van der Waals surface area contributed by atoms with Gasteiger partial charge >= 0.3 is 0 Å². The largest absolute Gasteiger partial charge is 0.324 e. The normalized spacial score (nSPS) is 10.8. The molecule has 4 rings (SSSR count). The minimum atomic E-state index is -0.210. The molecule has 0 unspecified atom stereocenters. The van der Waals surface area contributed by atoms with E-state index in [4.69, 9.17) is 0 Å². The number of nitrogens with one attached hydrogen (secondary N) is 1. The fourth-order valence-electron chi connectivity index (χ4n) is 2.47. The molecular weight excluding hydrogens is 306 g/mol. The molecule has 0 fully saturated rings. The van der Waals surface area contributed by atoms with Gasteiger partial charge in [0.25, 0.3) is 0 Å². The van der Waals surface area contributed by atoms with Crippen LogP contribution in [0.2, 0.25) is 0 Å². The van der Waals surface area contributed by atoms with Gasteiger partial charge in [0.15, 0.2) is 0 Å². The number of hydrogen-bond donors (Lipinski definition) is 1. The highest BCUT2D eigenvalue weighted by Gasteiger charge is 2.12. The zero-order chi connectivity index (χ0) is 16.4. The molecule has 0 radical (unpaired) electrons. The Bertz CT molecular complexity index is 958. The molecule has 24 heavy (non-hydrogen) atoms. The van der Waals surface area contributed by atoms with E-state index in [1.807, 2.05) is 59.3 Å². The summed E-state index contributed by atoms with van der Waals surface area (Å²) in [6.07, 6.45) is 5.26. The van der Waals surface area contributed by atoms with E-state index in [2.05, 4.69) is 25.8 Å². The third-order valence-electron chi connectivity index (χ3n) is 3.54. The first-order valence-electron chi connectivity index (χ1n) is 7.33. The van der Waals surface area contributed by atoms with E-state index in [-0.39, 0.29) is 12.5 Å². The van der Waals surface area contributed by atoms with Crippen molar-refractivity contribution in [1.29, 1.82) is 0 Å². The van der Waals surface area contributed by atoms with Crippen molar-refractivity contribution in [2.75, 3.05) is 5.32 Å². The van der Waals surface area contributed by atoms with Crippen molar-refractivity contribution in [3.05, 3.63) is 61.2 Å². The second-order valence-electron chi connectivity index (χ2n) is 5.19. The van der Waals surface area contributed by atoms with Crippen LogP contribution in [0.1, 0.15) is 0 Å². The molecule has 118 valence electrons. The highest BCUT2D eigenvalue weighted by Crippen LogP contribution is 2.27. The van der Waals surface area contributed by atoms with Crippen LogP contribution in [0, 0.1) is 0 Å². The van der Waals surface area contributed by atoms with Gasteiger partial charge in [-0.3, -0.25) is 4.79 Å². The van der Waals surface area contributed by atoms with Crippen molar-refractivity contribution >= 4 is 17.2 Å². The average Bonchev–Trinajstić information content (AvgIpc) is 3.24. The first kappa shape index (κ1) is 14.1. The molecule has 0 saturated carbocycles. The molecule has 4 aromatic rings. The minimum Gasteiger partial charge on any atom is -0.324 e. The molecule has 1 aromatic carbocycles. The Labute approximate surface area is 136 Å². The molecule has 0 aliphatic rings. The lowest BCUT2D eigenvalue weighted by molar-refractivity contribution is -0.116. The van der Waals surface area contributed by atoms with E-state index < -0.39 is 0 Å². The first-order valence-corrected chi connectivity index (χ1v) is 7.33. The fraction of sp³-hybridized carbons (Fsp3) is 0.0625. The van der Waals surface area contributed by atoms with Gasteiger partial charge in [-0.15, -0.1) is 5.10 Å². The van der Waals surface area contributed by atoms with Crippen molar-refractivity contribution in [2.24, 2.45) is 0 Å². The number of tetrazole rings is 1.